The first-order valence-corrected chi connectivity index (χ1v) is 9.22. The molecule has 1 heterocycles. The molecule has 6 heteroatoms. The van der Waals surface area contributed by atoms with E-state index in [-0.39, 0.29) is 29.8 Å². The van der Waals surface area contributed by atoms with Gasteiger partial charge in [-0.1, -0.05) is 37.5 Å². The Kier molecular flexibility index (Phi) is 7.23. The minimum atomic E-state index is -0.0775. The number of benzene rings is 1. The summed E-state index contributed by atoms with van der Waals surface area (Å²) in [5.41, 5.74) is 8.07. The molecule has 3 N–H and O–H groups in total. The molecule has 1 aromatic carbocycles. The third-order valence-corrected chi connectivity index (χ3v) is 5.41. The summed E-state index contributed by atoms with van der Waals surface area (Å²) in [6, 6.07) is 9.86. The molecule has 1 saturated carbocycles. The van der Waals surface area contributed by atoms with Crippen LogP contribution in [-0.4, -0.2) is 22.2 Å². The zero-order valence-corrected chi connectivity index (χ0v) is 16.2. The number of para-hydroxylation sites is 1. The van der Waals surface area contributed by atoms with Gasteiger partial charge in [-0.3, -0.25) is 4.79 Å². The van der Waals surface area contributed by atoms with Gasteiger partial charge in [-0.2, -0.15) is 5.10 Å². The standard InChI is InChI=1S/C20H28N4O.ClH/c1-16(17-8-3-4-9-18(17)24-13-7-12-22-24)23-19(25)14-20(15-21)10-5-2-6-11-20;/h3-4,7-9,12-13,16H,2,5-6,10-11,14-15,21H2,1H3,(H,23,25);1H. The number of hydrogen-bond acceptors (Lipinski definition) is 3. The van der Waals surface area contributed by atoms with Gasteiger partial charge >= 0.3 is 0 Å². The molecule has 1 aliphatic carbocycles. The van der Waals surface area contributed by atoms with Crippen LogP contribution in [0.5, 0.6) is 0 Å². The Morgan fingerprint density at radius 3 is 2.65 bits per heavy atom. The van der Waals surface area contributed by atoms with Gasteiger partial charge in [0.15, 0.2) is 0 Å². The summed E-state index contributed by atoms with van der Waals surface area (Å²) < 4.78 is 1.83. The second-order valence-electron chi connectivity index (χ2n) is 7.24. The van der Waals surface area contributed by atoms with Crippen LogP contribution < -0.4 is 11.1 Å². The first-order valence-electron chi connectivity index (χ1n) is 9.22. The molecule has 142 valence electrons. The predicted octanol–water partition coefficient (Wildman–Crippen LogP) is 3.77. The number of rotatable bonds is 6. The van der Waals surface area contributed by atoms with E-state index in [1.807, 2.05) is 48.1 Å². The van der Waals surface area contributed by atoms with Gasteiger partial charge in [0.2, 0.25) is 5.91 Å². The van der Waals surface area contributed by atoms with Crippen molar-refractivity contribution in [3.8, 4) is 5.69 Å². The zero-order chi connectivity index (χ0) is 17.7. The van der Waals surface area contributed by atoms with E-state index in [2.05, 4.69) is 10.4 Å². The van der Waals surface area contributed by atoms with Gasteiger partial charge in [-0.25, -0.2) is 4.68 Å². The van der Waals surface area contributed by atoms with Crippen molar-refractivity contribution < 1.29 is 4.79 Å². The molecular weight excluding hydrogens is 348 g/mol. The number of carbonyl (C=O) groups is 1. The summed E-state index contributed by atoms with van der Waals surface area (Å²) in [5.74, 6) is 0.0927. The van der Waals surface area contributed by atoms with Crippen LogP contribution in [0.2, 0.25) is 0 Å². The van der Waals surface area contributed by atoms with Gasteiger partial charge in [-0.05, 0) is 49.4 Å². The van der Waals surface area contributed by atoms with Crippen LogP contribution >= 0.6 is 12.4 Å². The monoisotopic (exact) mass is 376 g/mol. The topological polar surface area (TPSA) is 72.9 Å². The van der Waals surface area contributed by atoms with Gasteiger partial charge in [0.1, 0.15) is 0 Å². The van der Waals surface area contributed by atoms with Crippen molar-refractivity contribution in [1.82, 2.24) is 15.1 Å². The van der Waals surface area contributed by atoms with Crippen molar-refractivity contribution in [2.24, 2.45) is 11.1 Å². The number of amides is 1. The summed E-state index contributed by atoms with van der Waals surface area (Å²) >= 11 is 0. The fourth-order valence-electron chi connectivity index (χ4n) is 3.94. The lowest BCUT2D eigenvalue weighted by Gasteiger charge is -2.36. The molecule has 1 atom stereocenters. The van der Waals surface area contributed by atoms with E-state index in [4.69, 9.17) is 5.73 Å². The molecule has 1 aromatic heterocycles. The van der Waals surface area contributed by atoms with E-state index in [0.29, 0.717) is 13.0 Å². The normalized spacial score (nSPS) is 17.2. The number of nitrogens with one attached hydrogen (secondary N) is 1. The minimum absolute atomic E-state index is 0. The smallest absolute Gasteiger partial charge is 0.221 e. The van der Waals surface area contributed by atoms with Crippen LogP contribution in [0, 0.1) is 5.41 Å². The fraction of sp³-hybridized carbons (Fsp3) is 0.500. The van der Waals surface area contributed by atoms with Crippen LogP contribution in [0.4, 0.5) is 0 Å². The molecule has 1 fully saturated rings. The van der Waals surface area contributed by atoms with E-state index in [1.165, 1.54) is 19.3 Å². The molecule has 0 aliphatic heterocycles. The number of aromatic nitrogens is 2. The summed E-state index contributed by atoms with van der Waals surface area (Å²) in [6.07, 6.45) is 9.95. The third-order valence-electron chi connectivity index (χ3n) is 5.41. The van der Waals surface area contributed by atoms with Gasteiger partial charge < -0.3 is 11.1 Å². The van der Waals surface area contributed by atoms with E-state index < -0.39 is 0 Å². The highest BCUT2D eigenvalue weighted by atomic mass is 35.5. The Balaban J connectivity index is 0.00000243. The van der Waals surface area contributed by atoms with Crippen molar-refractivity contribution in [1.29, 1.82) is 0 Å². The fourth-order valence-corrected chi connectivity index (χ4v) is 3.94. The Labute approximate surface area is 161 Å². The second-order valence-corrected chi connectivity index (χ2v) is 7.24. The Bertz CT molecular complexity index is 696. The van der Waals surface area contributed by atoms with Gasteiger partial charge in [0.05, 0.1) is 11.7 Å². The lowest BCUT2D eigenvalue weighted by atomic mass is 9.71. The van der Waals surface area contributed by atoms with Gasteiger partial charge in [0.25, 0.3) is 0 Å². The summed E-state index contributed by atoms with van der Waals surface area (Å²) in [6.45, 7) is 2.62. The van der Waals surface area contributed by atoms with Crippen LogP contribution in [0.15, 0.2) is 42.7 Å². The second kappa shape index (κ2) is 9.19. The first kappa shape index (κ1) is 20.5. The predicted molar refractivity (Wildman–Crippen MR) is 107 cm³/mol. The van der Waals surface area contributed by atoms with Crippen molar-refractivity contribution in [3.63, 3.8) is 0 Å². The van der Waals surface area contributed by atoms with Gasteiger partial charge in [-0.15, -0.1) is 12.4 Å². The van der Waals surface area contributed by atoms with Crippen molar-refractivity contribution in [2.45, 2.75) is 51.5 Å². The van der Waals surface area contributed by atoms with E-state index >= 15 is 0 Å². The lowest BCUT2D eigenvalue weighted by molar-refractivity contribution is -0.124. The van der Waals surface area contributed by atoms with E-state index in [9.17, 15) is 4.79 Å². The molecule has 5 nitrogen and oxygen atoms in total. The maximum absolute atomic E-state index is 12.7. The summed E-state index contributed by atoms with van der Waals surface area (Å²) in [4.78, 5) is 12.7. The molecule has 3 rings (SSSR count). The maximum atomic E-state index is 12.7. The van der Waals surface area contributed by atoms with Crippen LogP contribution in [0.1, 0.15) is 57.1 Å². The third kappa shape index (κ3) is 4.65. The summed E-state index contributed by atoms with van der Waals surface area (Å²) in [5, 5.41) is 7.48. The molecule has 1 aliphatic rings. The van der Waals surface area contributed by atoms with Gasteiger partial charge in [0, 0.05) is 18.8 Å². The van der Waals surface area contributed by atoms with Crippen molar-refractivity contribution >= 4 is 18.3 Å². The number of nitrogens with zero attached hydrogens (tertiary/aromatic N) is 2. The highest BCUT2D eigenvalue weighted by Crippen LogP contribution is 2.38. The first-order chi connectivity index (χ1) is 12.1. The SMILES string of the molecule is CC(NC(=O)CC1(CN)CCCCC1)c1ccccc1-n1cccn1.Cl. The Hall–Kier alpha value is -1.85. The Morgan fingerprint density at radius 2 is 2.00 bits per heavy atom. The number of halogens is 1. The highest BCUT2D eigenvalue weighted by Gasteiger charge is 2.33. The van der Waals surface area contributed by atoms with Crippen LogP contribution in [0.25, 0.3) is 5.69 Å². The molecule has 1 amide bonds. The number of hydrogen-bond donors (Lipinski definition) is 2. The van der Waals surface area contributed by atoms with Crippen molar-refractivity contribution in [3.05, 3.63) is 48.3 Å². The van der Waals surface area contributed by atoms with Crippen LogP contribution in [0.3, 0.4) is 0 Å². The minimum Gasteiger partial charge on any atom is -0.349 e. The number of carbonyl (C=O) groups excluding carboxylic acids is 1. The average molecular weight is 377 g/mol. The maximum Gasteiger partial charge on any atom is 0.221 e. The van der Waals surface area contributed by atoms with E-state index in [1.54, 1.807) is 6.20 Å². The molecule has 1 unspecified atom stereocenters. The highest BCUT2D eigenvalue weighted by molar-refractivity contribution is 5.85. The molecule has 2 aromatic rings. The molecule has 26 heavy (non-hydrogen) atoms. The molecular formula is C20H29ClN4O. The molecule has 0 radical (unpaired) electrons. The zero-order valence-electron chi connectivity index (χ0n) is 15.4. The number of nitrogens with two attached hydrogens (primary N) is 1. The lowest BCUT2D eigenvalue weighted by Crippen LogP contribution is -2.39. The summed E-state index contributed by atoms with van der Waals surface area (Å²) in [7, 11) is 0. The van der Waals surface area contributed by atoms with Crippen molar-refractivity contribution in [2.75, 3.05) is 6.54 Å². The molecule has 0 saturated heterocycles. The largest absolute Gasteiger partial charge is 0.349 e. The van der Waals surface area contributed by atoms with E-state index in [0.717, 1.165) is 24.1 Å². The Morgan fingerprint density at radius 1 is 1.27 bits per heavy atom. The molecule has 0 bridgehead atoms. The van der Waals surface area contributed by atoms with Crippen LogP contribution in [-0.2, 0) is 4.79 Å². The average Bonchev–Trinajstić information content (AvgIpc) is 3.17. The molecule has 0 spiro atoms. The quantitative estimate of drug-likeness (QED) is 0.805.